The second kappa shape index (κ2) is 14.8. The first-order valence-electron chi connectivity index (χ1n) is 13.3. The Morgan fingerprint density at radius 2 is 1.55 bits per heavy atom. The molecule has 0 saturated carbocycles. The molecule has 3 aromatic carbocycles. The van der Waals surface area contributed by atoms with E-state index in [1.165, 1.54) is 65.2 Å². The summed E-state index contributed by atoms with van der Waals surface area (Å²) in [5.74, 6) is -3.50. The lowest BCUT2D eigenvalue weighted by molar-refractivity contribution is -0.142. The van der Waals surface area contributed by atoms with Crippen LogP contribution in [0.5, 0.6) is 5.75 Å². The van der Waals surface area contributed by atoms with Crippen LogP contribution in [0.25, 0.3) is 0 Å². The van der Waals surface area contributed by atoms with Crippen LogP contribution in [0.3, 0.4) is 0 Å². The summed E-state index contributed by atoms with van der Waals surface area (Å²) in [6.07, 6.45) is -0.935. The molecule has 3 aromatic rings. The van der Waals surface area contributed by atoms with Crippen molar-refractivity contribution in [1.29, 1.82) is 0 Å². The molecule has 0 spiro atoms. The Hall–Kier alpha value is -4.53. The average molecular weight is 630 g/mol. The summed E-state index contributed by atoms with van der Waals surface area (Å²) in [7, 11) is 0. The van der Waals surface area contributed by atoms with Crippen molar-refractivity contribution in [1.82, 2.24) is 10.6 Å². The normalized spacial score (nSPS) is 17.3. The van der Waals surface area contributed by atoms with Crippen LogP contribution >= 0.6 is 11.8 Å². The SMILES string of the molecule is O=C(COc1ccc(C2C(SCC(O)c3ccc(F)cc3)C(=O)N2c2ccc(F)cc2)cc1)NCC(=O)N[C@H](CO)C(=O)O. The molecular formula is C30H29F2N3O8S. The molecule has 1 saturated heterocycles. The number of carboxylic acid groups (broad SMARTS) is 1. The van der Waals surface area contributed by atoms with Crippen molar-refractivity contribution >= 4 is 41.1 Å². The third-order valence-electron chi connectivity index (χ3n) is 6.69. The Kier molecular flexibility index (Phi) is 10.9. The van der Waals surface area contributed by atoms with Gasteiger partial charge in [-0.2, -0.15) is 0 Å². The number of ether oxygens (including phenoxy) is 1. The molecule has 14 heteroatoms. The monoisotopic (exact) mass is 629 g/mol. The van der Waals surface area contributed by atoms with Crippen LogP contribution in [0.15, 0.2) is 72.8 Å². The van der Waals surface area contributed by atoms with Crippen LogP contribution in [-0.2, 0) is 19.2 Å². The number of aliphatic hydroxyl groups excluding tert-OH is 2. The fraction of sp³-hybridized carbons (Fsp3) is 0.267. The van der Waals surface area contributed by atoms with Crippen molar-refractivity contribution in [2.24, 2.45) is 0 Å². The molecule has 232 valence electrons. The van der Waals surface area contributed by atoms with E-state index in [1.54, 1.807) is 24.3 Å². The van der Waals surface area contributed by atoms with Crippen LogP contribution in [-0.4, -0.2) is 75.8 Å². The molecule has 0 bridgehead atoms. The Morgan fingerprint density at radius 3 is 2.14 bits per heavy atom. The third kappa shape index (κ3) is 8.09. The van der Waals surface area contributed by atoms with Gasteiger partial charge in [0, 0.05) is 11.4 Å². The number of benzene rings is 3. The number of hydrogen-bond donors (Lipinski definition) is 5. The van der Waals surface area contributed by atoms with Crippen molar-refractivity contribution < 1.29 is 48.0 Å². The molecule has 44 heavy (non-hydrogen) atoms. The lowest BCUT2D eigenvalue weighted by atomic mass is 9.92. The lowest BCUT2D eigenvalue weighted by Gasteiger charge is -2.47. The van der Waals surface area contributed by atoms with E-state index in [-0.39, 0.29) is 11.7 Å². The molecule has 1 aliphatic rings. The number of β-lactam (4-membered cyclic amide) rings is 1. The number of amides is 3. The van der Waals surface area contributed by atoms with Gasteiger partial charge in [0.2, 0.25) is 11.8 Å². The summed E-state index contributed by atoms with van der Waals surface area (Å²) in [6.45, 7) is -1.77. The number of carboxylic acids is 1. The van der Waals surface area contributed by atoms with Gasteiger partial charge in [-0.05, 0) is 59.7 Å². The topological polar surface area (TPSA) is 165 Å². The molecule has 0 aliphatic carbocycles. The maximum absolute atomic E-state index is 13.6. The van der Waals surface area contributed by atoms with Gasteiger partial charge < -0.3 is 35.6 Å². The number of aliphatic carboxylic acids is 1. The lowest BCUT2D eigenvalue weighted by Crippen LogP contribution is -2.57. The van der Waals surface area contributed by atoms with Crippen LogP contribution in [0.1, 0.15) is 23.3 Å². The second-order valence-electron chi connectivity index (χ2n) is 9.73. The number of anilines is 1. The number of carbonyl (C=O) groups excluding carboxylic acids is 3. The number of halogens is 2. The van der Waals surface area contributed by atoms with Gasteiger partial charge in [-0.15, -0.1) is 11.8 Å². The molecule has 3 unspecified atom stereocenters. The minimum atomic E-state index is -1.49. The fourth-order valence-corrected chi connectivity index (χ4v) is 5.68. The Bertz CT molecular complexity index is 1480. The van der Waals surface area contributed by atoms with Crippen LogP contribution in [0.2, 0.25) is 0 Å². The van der Waals surface area contributed by atoms with Crippen molar-refractivity contribution in [3.63, 3.8) is 0 Å². The zero-order valence-electron chi connectivity index (χ0n) is 23.1. The number of thioether (sulfide) groups is 1. The highest BCUT2D eigenvalue weighted by Crippen LogP contribution is 2.46. The molecule has 0 aromatic heterocycles. The molecule has 3 amide bonds. The molecule has 1 aliphatic heterocycles. The van der Waals surface area contributed by atoms with E-state index in [0.29, 0.717) is 22.6 Å². The van der Waals surface area contributed by atoms with E-state index < -0.39 is 72.6 Å². The first-order valence-corrected chi connectivity index (χ1v) is 14.4. The number of hydrogen-bond acceptors (Lipinski definition) is 8. The molecule has 0 radical (unpaired) electrons. The Labute approximate surface area is 254 Å². The van der Waals surface area contributed by atoms with Crippen LogP contribution in [0, 0.1) is 11.6 Å². The van der Waals surface area contributed by atoms with Gasteiger partial charge in [0.25, 0.3) is 5.91 Å². The smallest absolute Gasteiger partial charge is 0.328 e. The summed E-state index contributed by atoms with van der Waals surface area (Å²) in [5, 5.41) is 32.2. The van der Waals surface area contributed by atoms with E-state index in [9.17, 15) is 33.1 Å². The number of nitrogens with one attached hydrogen (secondary N) is 2. The van der Waals surface area contributed by atoms with Crippen molar-refractivity contribution in [2.75, 3.05) is 30.4 Å². The van der Waals surface area contributed by atoms with Gasteiger partial charge in [-0.3, -0.25) is 14.4 Å². The maximum atomic E-state index is 13.6. The predicted octanol–water partition coefficient (Wildman–Crippen LogP) is 1.94. The highest BCUT2D eigenvalue weighted by atomic mass is 32.2. The molecule has 1 fully saturated rings. The van der Waals surface area contributed by atoms with E-state index in [4.69, 9.17) is 14.9 Å². The fourth-order valence-electron chi connectivity index (χ4n) is 4.39. The second-order valence-corrected chi connectivity index (χ2v) is 10.9. The largest absolute Gasteiger partial charge is 0.484 e. The van der Waals surface area contributed by atoms with E-state index in [2.05, 4.69) is 10.6 Å². The van der Waals surface area contributed by atoms with Crippen LogP contribution in [0.4, 0.5) is 14.5 Å². The summed E-state index contributed by atoms with van der Waals surface area (Å²) in [5.41, 5.74) is 1.72. The van der Waals surface area contributed by atoms with Crippen molar-refractivity contribution in [2.45, 2.75) is 23.4 Å². The zero-order valence-corrected chi connectivity index (χ0v) is 23.9. The molecule has 4 rings (SSSR count). The Morgan fingerprint density at radius 1 is 0.932 bits per heavy atom. The van der Waals surface area contributed by atoms with Crippen molar-refractivity contribution in [3.8, 4) is 5.75 Å². The third-order valence-corrected chi connectivity index (χ3v) is 8.02. The van der Waals surface area contributed by atoms with Crippen LogP contribution < -0.4 is 20.3 Å². The first kappa shape index (κ1) is 32.4. The average Bonchev–Trinajstić information content (AvgIpc) is 3.01. The molecule has 5 N–H and O–H groups in total. The van der Waals surface area contributed by atoms with Gasteiger partial charge in [0.15, 0.2) is 6.61 Å². The molecule has 11 nitrogen and oxygen atoms in total. The summed E-state index contributed by atoms with van der Waals surface area (Å²) >= 11 is 1.24. The predicted molar refractivity (Wildman–Crippen MR) is 156 cm³/mol. The maximum Gasteiger partial charge on any atom is 0.328 e. The number of nitrogens with zero attached hydrogens (tertiary/aromatic N) is 1. The van der Waals surface area contributed by atoms with Crippen molar-refractivity contribution in [3.05, 3.63) is 95.6 Å². The standard InChI is InChI=1S/C30H29F2N3O8S/c31-19-5-1-17(2-6-19)24(37)16-44-28-27(35(29(28)40)21-9-7-20(32)8-10-21)18-3-11-22(12-4-18)43-15-26(39)33-13-25(38)34-23(14-36)30(41)42/h1-12,23-24,27-28,36-37H,13-16H2,(H,33,39)(H,34,38)(H,41,42)/t23-,24?,27?,28?/m1/s1. The van der Waals surface area contributed by atoms with E-state index >= 15 is 0 Å². The van der Waals surface area contributed by atoms with Gasteiger partial charge >= 0.3 is 5.97 Å². The molecule has 4 atom stereocenters. The summed E-state index contributed by atoms with van der Waals surface area (Å²) < 4.78 is 32.3. The summed E-state index contributed by atoms with van der Waals surface area (Å²) in [4.78, 5) is 49.5. The molecule has 1 heterocycles. The van der Waals surface area contributed by atoms with Gasteiger partial charge in [-0.1, -0.05) is 24.3 Å². The van der Waals surface area contributed by atoms with Gasteiger partial charge in [0.1, 0.15) is 28.7 Å². The number of rotatable bonds is 14. The number of aliphatic hydroxyl groups is 2. The zero-order chi connectivity index (χ0) is 31.8. The minimum absolute atomic E-state index is 0.168. The van der Waals surface area contributed by atoms with Gasteiger partial charge in [-0.25, -0.2) is 13.6 Å². The highest BCUT2D eigenvalue weighted by Gasteiger charge is 2.49. The minimum Gasteiger partial charge on any atom is -0.484 e. The van der Waals surface area contributed by atoms with E-state index in [0.717, 1.165) is 0 Å². The Balaban J connectivity index is 1.38. The summed E-state index contributed by atoms with van der Waals surface area (Å²) in [6, 6.07) is 15.6. The molecular weight excluding hydrogens is 600 g/mol. The van der Waals surface area contributed by atoms with Gasteiger partial charge in [0.05, 0.1) is 25.3 Å². The number of carbonyl (C=O) groups is 4. The van der Waals surface area contributed by atoms with E-state index in [1.807, 2.05) is 0 Å². The highest BCUT2D eigenvalue weighted by molar-refractivity contribution is 8.00. The quantitative estimate of drug-likeness (QED) is 0.168. The first-order chi connectivity index (χ1) is 21.1.